The Balaban J connectivity index is 2.02. The Kier molecular flexibility index (Phi) is 4.67. The summed E-state index contributed by atoms with van der Waals surface area (Å²) < 4.78 is 27.9. The molecule has 0 radical (unpaired) electrons. The molecule has 0 saturated carbocycles. The van der Waals surface area contributed by atoms with Crippen molar-refractivity contribution in [3.05, 3.63) is 65.7 Å². The van der Waals surface area contributed by atoms with Crippen LogP contribution in [0.15, 0.2) is 59.5 Å². The van der Waals surface area contributed by atoms with Gasteiger partial charge in [-0.25, -0.2) is 8.42 Å². The zero-order valence-electron chi connectivity index (χ0n) is 13.5. The van der Waals surface area contributed by atoms with E-state index in [1.165, 1.54) is 11.0 Å². The van der Waals surface area contributed by atoms with Crippen molar-refractivity contribution in [2.24, 2.45) is 0 Å². The third-order valence-electron chi connectivity index (χ3n) is 4.40. The van der Waals surface area contributed by atoms with E-state index < -0.39 is 10.0 Å². The summed E-state index contributed by atoms with van der Waals surface area (Å²) in [7, 11) is -1.57. The van der Waals surface area contributed by atoms with Crippen LogP contribution in [0.3, 0.4) is 0 Å². The highest BCUT2D eigenvalue weighted by Gasteiger charge is 2.38. The van der Waals surface area contributed by atoms with Gasteiger partial charge in [-0.15, -0.1) is 0 Å². The first-order chi connectivity index (χ1) is 11.5. The molecule has 0 amide bonds. The molecular weight excluding hydrogens is 322 g/mol. The van der Waals surface area contributed by atoms with Crippen LogP contribution in [-0.4, -0.2) is 39.4 Å². The number of sulfonamides is 1. The van der Waals surface area contributed by atoms with Gasteiger partial charge < -0.3 is 4.90 Å². The molecule has 1 aliphatic rings. The number of hydrogen-bond acceptors (Lipinski definition) is 3. The van der Waals surface area contributed by atoms with Crippen molar-refractivity contribution in [1.29, 1.82) is 5.26 Å². The molecule has 1 fully saturated rings. The lowest BCUT2D eigenvalue weighted by Crippen LogP contribution is -3.12. The maximum atomic E-state index is 13.2. The topological polar surface area (TPSA) is 65.6 Å². The molecule has 5 nitrogen and oxygen atoms in total. The summed E-state index contributed by atoms with van der Waals surface area (Å²) in [6.45, 7) is 1.95. The molecule has 2 atom stereocenters. The Morgan fingerprint density at radius 3 is 2.62 bits per heavy atom. The van der Waals surface area contributed by atoms with Crippen LogP contribution >= 0.6 is 0 Å². The number of nitriles is 1. The van der Waals surface area contributed by atoms with Crippen molar-refractivity contribution < 1.29 is 13.3 Å². The number of benzene rings is 2. The number of quaternary nitrogens is 1. The van der Waals surface area contributed by atoms with Gasteiger partial charge in [0, 0.05) is 0 Å². The fourth-order valence-corrected chi connectivity index (χ4v) is 4.76. The van der Waals surface area contributed by atoms with Gasteiger partial charge in [-0.2, -0.15) is 9.57 Å². The van der Waals surface area contributed by atoms with E-state index >= 15 is 0 Å². The van der Waals surface area contributed by atoms with E-state index in [-0.39, 0.29) is 10.9 Å². The van der Waals surface area contributed by atoms with Crippen LogP contribution in [0, 0.1) is 11.3 Å². The average molecular weight is 342 g/mol. The number of nitrogens with one attached hydrogen (secondary N) is 1. The van der Waals surface area contributed by atoms with E-state index in [4.69, 9.17) is 5.26 Å². The van der Waals surface area contributed by atoms with Gasteiger partial charge in [-0.1, -0.05) is 36.4 Å². The Labute approximate surface area is 142 Å². The number of nitrogens with zero attached hydrogens (tertiary/aromatic N) is 2. The van der Waals surface area contributed by atoms with Gasteiger partial charge in [-0.05, 0) is 23.8 Å². The second-order valence-corrected chi connectivity index (χ2v) is 7.98. The van der Waals surface area contributed by atoms with Crippen molar-refractivity contribution in [3.63, 3.8) is 0 Å². The maximum Gasteiger partial charge on any atom is 0.244 e. The molecule has 1 unspecified atom stereocenters. The Bertz CT molecular complexity index is 859. The van der Waals surface area contributed by atoms with Gasteiger partial charge >= 0.3 is 0 Å². The van der Waals surface area contributed by atoms with Crippen LogP contribution in [0.25, 0.3) is 0 Å². The molecule has 2 aromatic carbocycles. The van der Waals surface area contributed by atoms with Crippen LogP contribution in [0.4, 0.5) is 0 Å². The molecule has 0 aromatic heterocycles. The molecule has 6 heteroatoms. The molecule has 0 bridgehead atoms. The van der Waals surface area contributed by atoms with Crippen LogP contribution in [-0.2, 0) is 10.0 Å². The minimum absolute atomic E-state index is 0.182. The minimum atomic E-state index is -3.65. The van der Waals surface area contributed by atoms with Crippen LogP contribution < -0.4 is 4.90 Å². The summed E-state index contributed by atoms with van der Waals surface area (Å²) in [4.78, 5) is 1.49. The second-order valence-electron chi connectivity index (χ2n) is 6.09. The van der Waals surface area contributed by atoms with E-state index in [1.807, 2.05) is 36.4 Å². The highest BCUT2D eigenvalue weighted by molar-refractivity contribution is 7.89. The summed E-state index contributed by atoms with van der Waals surface area (Å²) in [6.07, 6.45) is 0. The van der Waals surface area contributed by atoms with E-state index in [0.717, 1.165) is 18.7 Å². The molecule has 24 heavy (non-hydrogen) atoms. The maximum absolute atomic E-state index is 13.2. The lowest BCUT2D eigenvalue weighted by atomic mass is 10.1. The van der Waals surface area contributed by atoms with Gasteiger partial charge in [-0.3, -0.25) is 0 Å². The zero-order valence-corrected chi connectivity index (χ0v) is 14.3. The summed E-state index contributed by atoms with van der Waals surface area (Å²) >= 11 is 0. The van der Waals surface area contributed by atoms with E-state index in [1.54, 1.807) is 22.5 Å². The smallest absolute Gasteiger partial charge is 0.244 e. The highest BCUT2D eigenvalue weighted by Crippen LogP contribution is 2.28. The molecule has 1 N–H and O–H groups in total. The lowest BCUT2D eigenvalue weighted by Gasteiger charge is -2.37. The Morgan fingerprint density at radius 2 is 1.92 bits per heavy atom. The molecule has 3 rings (SSSR count). The third kappa shape index (κ3) is 3.20. The van der Waals surface area contributed by atoms with Crippen molar-refractivity contribution >= 4 is 10.0 Å². The summed E-state index contributed by atoms with van der Waals surface area (Å²) in [6, 6.07) is 17.8. The molecule has 1 aliphatic heterocycles. The van der Waals surface area contributed by atoms with E-state index in [0.29, 0.717) is 12.1 Å². The minimum Gasteiger partial charge on any atom is -0.335 e. The van der Waals surface area contributed by atoms with Crippen molar-refractivity contribution in [3.8, 4) is 6.07 Å². The number of hydrogen-bond donors (Lipinski definition) is 1. The van der Waals surface area contributed by atoms with Crippen molar-refractivity contribution in [2.75, 3.05) is 26.7 Å². The molecule has 1 saturated heterocycles. The molecule has 124 valence electrons. The average Bonchev–Trinajstić information content (AvgIpc) is 2.62. The first-order valence-electron chi connectivity index (χ1n) is 7.90. The number of rotatable bonds is 3. The molecular formula is C18H20N3O2S+. The Morgan fingerprint density at radius 1 is 1.17 bits per heavy atom. The number of likely N-dealkylation sites (N-methyl/N-ethyl adjacent to an activating group) is 1. The van der Waals surface area contributed by atoms with E-state index in [9.17, 15) is 8.42 Å². The predicted molar refractivity (Wildman–Crippen MR) is 90.9 cm³/mol. The van der Waals surface area contributed by atoms with Gasteiger partial charge in [0.2, 0.25) is 10.0 Å². The lowest BCUT2D eigenvalue weighted by molar-refractivity contribution is -0.887. The zero-order chi connectivity index (χ0) is 17.2. The third-order valence-corrected chi connectivity index (χ3v) is 6.31. The monoisotopic (exact) mass is 342 g/mol. The predicted octanol–water partition coefficient (Wildman–Crippen LogP) is 0.819. The first kappa shape index (κ1) is 16.7. The molecule has 2 aromatic rings. The molecule has 1 heterocycles. The summed E-state index contributed by atoms with van der Waals surface area (Å²) in [5, 5.41) is 9.04. The highest BCUT2D eigenvalue weighted by atomic mass is 32.2. The Hall–Kier alpha value is -2.20. The first-order valence-corrected chi connectivity index (χ1v) is 9.34. The fraction of sp³-hybridized carbons (Fsp3) is 0.278. The standard InChI is InChI=1S/C18H19N3O2S/c1-20-10-11-21(18(14-20)16-7-3-2-4-8-16)24(22,23)17-9-5-6-15(12-17)13-19/h2-9,12,18H,10-11,14H2,1H3/p+1/t18-/m0/s1. The molecule has 0 aliphatic carbocycles. The fourth-order valence-electron chi connectivity index (χ4n) is 3.10. The van der Waals surface area contributed by atoms with Crippen LogP contribution in [0.5, 0.6) is 0 Å². The molecule has 0 spiro atoms. The summed E-state index contributed by atoms with van der Waals surface area (Å²) in [5.74, 6) is 0. The summed E-state index contributed by atoms with van der Waals surface area (Å²) in [5.41, 5.74) is 1.35. The normalized spacial score (nSPS) is 22.0. The van der Waals surface area contributed by atoms with Gasteiger partial charge in [0.25, 0.3) is 0 Å². The van der Waals surface area contributed by atoms with E-state index in [2.05, 4.69) is 7.05 Å². The SMILES string of the molecule is C[NH+]1CCN(S(=O)(=O)c2cccc(C#N)c2)[C@H](c2ccccc2)C1. The van der Waals surface area contributed by atoms with Crippen molar-refractivity contribution in [2.45, 2.75) is 10.9 Å². The second kappa shape index (κ2) is 6.73. The number of piperazine rings is 1. The largest absolute Gasteiger partial charge is 0.335 e. The van der Waals surface area contributed by atoms with Crippen molar-refractivity contribution in [1.82, 2.24) is 4.31 Å². The van der Waals surface area contributed by atoms with Crippen LogP contribution in [0.2, 0.25) is 0 Å². The quantitative estimate of drug-likeness (QED) is 0.898. The van der Waals surface area contributed by atoms with Crippen LogP contribution in [0.1, 0.15) is 17.2 Å². The van der Waals surface area contributed by atoms with Gasteiger partial charge in [0.1, 0.15) is 0 Å². The van der Waals surface area contributed by atoms with Gasteiger partial charge in [0.15, 0.2) is 0 Å². The van der Waals surface area contributed by atoms with Gasteiger partial charge in [0.05, 0.1) is 49.3 Å².